The van der Waals surface area contributed by atoms with Gasteiger partial charge in [-0.25, -0.2) is 0 Å². The van der Waals surface area contributed by atoms with E-state index in [9.17, 15) is 0 Å². The molecule has 10 aromatic rings. The SMILES string of the molecule is c1ccc(-c2cc(-c3ccccc3)cc(-c3ccc(N(c4ccc5ccccc5c4)c4ccccc4-c4ccccc4-c4ccccc4-c4ccccc4)cc3)c2)cc1. The van der Waals surface area contributed by atoms with Gasteiger partial charge in [0, 0.05) is 16.9 Å². The van der Waals surface area contributed by atoms with Crippen LogP contribution in [0, 0.1) is 0 Å². The molecule has 0 atom stereocenters. The molecule has 278 valence electrons. The average Bonchev–Trinajstić information content (AvgIpc) is 3.33. The van der Waals surface area contributed by atoms with Crippen molar-refractivity contribution in [1.29, 1.82) is 0 Å². The third-order valence-corrected chi connectivity index (χ3v) is 11.3. The highest BCUT2D eigenvalue weighted by atomic mass is 15.1. The van der Waals surface area contributed by atoms with Crippen molar-refractivity contribution in [2.45, 2.75) is 0 Å². The summed E-state index contributed by atoms with van der Waals surface area (Å²) in [7, 11) is 0. The predicted octanol–water partition coefficient (Wildman–Crippen LogP) is 16.3. The maximum absolute atomic E-state index is 2.42. The van der Waals surface area contributed by atoms with E-state index in [1.54, 1.807) is 0 Å². The summed E-state index contributed by atoms with van der Waals surface area (Å²) in [5, 5.41) is 2.42. The molecule has 1 nitrogen and oxygen atoms in total. The smallest absolute Gasteiger partial charge is 0.0540 e. The average molecular weight is 752 g/mol. The summed E-state index contributed by atoms with van der Waals surface area (Å²) < 4.78 is 0. The highest BCUT2D eigenvalue weighted by Crippen LogP contribution is 2.46. The van der Waals surface area contributed by atoms with Gasteiger partial charge in [-0.1, -0.05) is 200 Å². The van der Waals surface area contributed by atoms with Crippen LogP contribution in [0.15, 0.2) is 249 Å². The quantitative estimate of drug-likeness (QED) is 0.142. The first kappa shape index (κ1) is 35.7. The fourth-order valence-electron chi connectivity index (χ4n) is 8.37. The molecule has 0 saturated carbocycles. The van der Waals surface area contributed by atoms with Crippen molar-refractivity contribution in [2.75, 3.05) is 4.90 Å². The molecule has 0 aromatic heterocycles. The molecule has 10 rings (SSSR count). The van der Waals surface area contributed by atoms with Gasteiger partial charge in [0.2, 0.25) is 0 Å². The molecule has 0 spiro atoms. The summed E-state index contributed by atoms with van der Waals surface area (Å²) >= 11 is 0. The molecule has 0 saturated heterocycles. The lowest BCUT2D eigenvalue weighted by atomic mass is 9.88. The molecule has 0 radical (unpaired) electrons. The van der Waals surface area contributed by atoms with E-state index in [1.807, 2.05) is 0 Å². The second-order valence-electron chi connectivity index (χ2n) is 14.9. The highest BCUT2D eigenvalue weighted by Gasteiger charge is 2.21. The Morgan fingerprint density at radius 2 is 0.593 bits per heavy atom. The zero-order valence-electron chi connectivity index (χ0n) is 32.6. The molecule has 0 amide bonds. The lowest BCUT2D eigenvalue weighted by Gasteiger charge is -2.29. The van der Waals surface area contributed by atoms with Crippen molar-refractivity contribution in [3.05, 3.63) is 249 Å². The maximum Gasteiger partial charge on any atom is 0.0540 e. The van der Waals surface area contributed by atoms with Gasteiger partial charge in [-0.3, -0.25) is 0 Å². The minimum Gasteiger partial charge on any atom is -0.310 e. The number of nitrogens with zero attached hydrogens (tertiary/aromatic N) is 1. The Bertz CT molecular complexity index is 2960. The minimum atomic E-state index is 1.08. The Morgan fingerprint density at radius 3 is 1.17 bits per heavy atom. The molecular weight excluding hydrogens is 711 g/mol. The minimum absolute atomic E-state index is 1.08. The first-order valence-corrected chi connectivity index (χ1v) is 20.3. The Hall–Kier alpha value is -7.74. The Kier molecular flexibility index (Phi) is 9.68. The number of fused-ring (bicyclic) bond motifs is 1. The molecular formula is C58H41N. The monoisotopic (exact) mass is 751 g/mol. The molecule has 0 aliphatic carbocycles. The van der Waals surface area contributed by atoms with Crippen molar-refractivity contribution in [2.24, 2.45) is 0 Å². The molecule has 0 aliphatic heterocycles. The predicted molar refractivity (Wildman–Crippen MR) is 251 cm³/mol. The van der Waals surface area contributed by atoms with E-state index in [1.165, 1.54) is 72.0 Å². The van der Waals surface area contributed by atoms with Crippen LogP contribution in [0.4, 0.5) is 17.1 Å². The standard InChI is InChI=1S/C58H41N/c1-4-18-42(19-5-1)48-38-49(43-20-6-2-7-21-43)40-50(39-48)45-32-35-51(36-33-45)59(52-37-34-44-22-10-11-25-47(44)41-52)58-31-17-16-30-57(58)56-29-15-14-28-55(56)54-27-13-12-26-53(54)46-23-8-3-9-24-46/h1-41H. The Balaban J connectivity index is 1.12. The summed E-state index contributed by atoms with van der Waals surface area (Å²) in [5.41, 5.74) is 17.6. The lowest BCUT2D eigenvalue weighted by Crippen LogP contribution is -2.11. The van der Waals surface area contributed by atoms with Crippen LogP contribution in [0.5, 0.6) is 0 Å². The lowest BCUT2D eigenvalue weighted by molar-refractivity contribution is 1.29. The van der Waals surface area contributed by atoms with Crippen molar-refractivity contribution < 1.29 is 0 Å². The number of hydrogen-bond donors (Lipinski definition) is 0. The van der Waals surface area contributed by atoms with E-state index in [-0.39, 0.29) is 0 Å². The van der Waals surface area contributed by atoms with Gasteiger partial charge in [0.15, 0.2) is 0 Å². The van der Waals surface area contributed by atoms with Crippen molar-refractivity contribution >= 4 is 27.8 Å². The van der Waals surface area contributed by atoms with E-state index in [2.05, 4.69) is 254 Å². The maximum atomic E-state index is 2.42. The van der Waals surface area contributed by atoms with Crippen molar-refractivity contribution in [3.63, 3.8) is 0 Å². The molecule has 0 bridgehead atoms. The van der Waals surface area contributed by atoms with Crippen molar-refractivity contribution in [1.82, 2.24) is 0 Å². The van der Waals surface area contributed by atoms with Crippen LogP contribution < -0.4 is 4.90 Å². The second-order valence-corrected chi connectivity index (χ2v) is 14.9. The fraction of sp³-hybridized carbons (Fsp3) is 0. The van der Waals surface area contributed by atoms with Crippen LogP contribution in [0.2, 0.25) is 0 Å². The van der Waals surface area contributed by atoms with Gasteiger partial charge in [0.25, 0.3) is 0 Å². The van der Waals surface area contributed by atoms with Gasteiger partial charge in [-0.15, -0.1) is 0 Å². The zero-order valence-corrected chi connectivity index (χ0v) is 32.6. The molecule has 0 fully saturated rings. The topological polar surface area (TPSA) is 3.24 Å². The first-order chi connectivity index (χ1) is 29.3. The fourth-order valence-corrected chi connectivity index (χ4v) is 8.37. The highest BCUT2D eigenvalue weighted by molar-refractivity contribution is 5.98. The van der Waals surface area contributed by atoms with Gasteiger partial charge < -0.3 is 4.90 Å². The number of rotatable bonds is 9. The number of anilines is 3. The third-order valence-electron chi connectivity index (χ3n) is 11.3. The summed E-state index contributed by atoms with van der Waals surface area (Å²) in [6.45, 7) is 0. The number of benzene rings is 10. The van der Waals surface area contributed by atoms with Crippen LogP contribution >= 0.6 is 0 Å². The summed E-state index contributed by atoms with van der Waals surface area (Å²) in [6.07, 6.45) is 0. The molecule has 59 heavy (non-hydrogen) atoms. The Labute approximate surface area is 346 Å². The molecule has 0 aliphatic rings. The molecule has 1 heteroatoms. The van der Waals surface area contributed by atoms with Crippen LogP contribution in [-0.2, 0) is 0 Å². The van der Waals surface area contributed by atoms with Crippen LogP contribution in [0.3, 0.4) is 0 Å². The second kappa shape index (κ2) is 16.0. The number of para-hydroxylation sites is 1. The largest absolute Gasteiger partial charge is 0.310 e. The van der Waals surface area contributed by atoms with E-state index >= 15 is 0 Å². The summed E-state index contributed by atoms with van der Waals surface area (Å²) in [5.74, 6) is 0. The van der Waals surface area contributed by atoms with Gasteiger partial charge in [0.1, 0.15) is 0 Å². The molecule has 0 N–H and O–H groups in total. The van der Waals surface area contributed by atoms with Gasteiger partial charge in [-0.2, -0.15) is 0 Å². The van der Waals surface area contributed by atoms with E-state index < -0.39 is 0 Å². The zero-order chi connectivity index (χ0) is 39.4. The van der Waals surface area contributed by atoms with Crippen LogP contribution in [0.25, 0.3) is 77.5 Å². The van der Waals surface area contributed by atoms with Crippen LogP contribution in [-0.4, -0.2) is 0 Å². The summed E-state index contributed by atoms with van der Waals surface area (Å²) in [6, 6.07) is 89.9. The molecule has 10 aromatic carbocycles. The Morgan fingerprint density at radius 1 is 0.203 bits per heavy atom. The van der Waals surface area contributed by atoms with Gasteiger partial charge in [-0.05, 0) is 121 Å². The van der Waals surface area contributed by atoms with Crippen molar-refractivity contribution in [3.8, 4) is 66.8 Å². The van der Waals surface area contributed by atoms with Gasteiger partial charge >= 0.3 is 0 Å². The van der Waals surface area contributed by atoms with Crippen LogP contribution in [0.1, 0.15) is 0 Å². The first-order valence-electron chi connectivity index (χ1n) is 20.3. The summed E-state index contributed by atoms with van der Waals surface area (Å²) in [4.78, 5) is 2.42. The number of hydrogen-bond acceptors (Lipinski definition) is 1. The van der Waals surface area contributed by atoms with E-state index in [4.69, 9.17) is 0 Å². The molecule has 0 unspecified atom stereocenters. The normalized spacial score (nSPS) is 11.1. The van der Waals surface area contributed by atoms with E-state index in [0.717, 1.165) is 22.6 Å². The van der Waals surface area contributed by atoms with Gasteiger partial charge in [0.05, 0.1) is 5.69 Å². The third kappa shape index (κ3) is 7.23. The molecule has 0 heterocycles. The van der Waals surface area contributed by atoms with E-state index in [0.29, 0.717) is 0 Å².